The minimum atomic E-state index is 0.376. The number of nitrogens with zero attached hydrogens (tertiary/aromatic N) is 2. The van der Waals surface area contributed by atoms with Crippen molar-refractivity contribution in [3.8, 4) is 0 Å². The fourth-order valence-corrected chi connectivity index (χ4v) is 2.16. The van der Waals surface area contributed by atoms with Crippen molar-refractivity contribution >= 4 is 5.69 Å². The molecule has 1 aromatic rings. The smallest absolute Gasteiger partial charge is 0.0361 e. The average molecular weight is 219 g/mol. The van der Waals surface area contributed by atoms with Crippen molar-refractivity contribution in [2.45, 2.75) is 19.0 Å². The molecule has 0 aromatic heterocycles. The van der Waals surface area contributed by atoms with Crippen LogP contribution in [-0.4, -0.2) is 38.1 Å². The van der Waals surface area contributed by atoms with Gasteiger partial charge in [-0.05, 0) is 24.1 Å². The highest BCUT2D eigenvalue weighted by Gasteiger charge is 2.18. The van der Waals surface area contributed by atoms with Crippen LogP contribution in [0.5, 0.6) is 0 Å². The predicted molar refractivity (Wildman–Crippen MR) is 68.6 cm³/mol. The monoisotopic (exact) mass is 219 g/mol. The average Bonchev–Trinajstić information content (AvgIpc) is 2.65. The van der Waals surface area contributed by atoms with Gasteiger partial charge in [0.25, 0.3) is 0 Å². The molecule has 2 N–H and O–H groups in total. The van der Waals surface area contributed by atoms with Crippen LogP contribution in [0.25, 0.3) is 0 Å². The molecule has 1 aliphatic heterocycles. The molecule has 0 aliphatic carbocycles. The number of hydrogen-bond donors (Lipinski definition) is 1. The van der Waals surface area contributed by atoms with Crippen LogP contribution in [0.4, 0.5) is 5.69 Å². The molecule has 1 heterocycles. The third kappa shape index (κ3) is 2.74. The van der Waals surface area contributed by atoms with Crippen LogP contribution in [0.1, 0.15) is 12.0 Å². The third-order valence-corrected chi connectivity index (χ3v) is 3.17. The Hall–Kier alpha value is -1.06. The lowest BCUT2D eigenvalue weighted by molar-refractivity contribution is 0.327. The summed E-state index contributed by atoms with van der Waals surface area (Å²) in [4.78, 5) is 4.55. The van der Waals surface area contributed by atoms with Crippen molar-refractivity contribution in [1.29, 1.82) is 0 Å². The molecule has 88 valence electrons. The Morgan fingerprint density at radius 3 is 2.50 bits per heavy atom. The lowest BCUT2D eigenvalue weighted by Gasteiger charge is -2.17. The Labute approximate surface area is 97.8 Å². The maximum atomic E-state index is 5.89. The van der Waals surface area contributed by atoms with Gasteiger partial charge in [-0.1, -0.05) is 12.1 Å². The van der Waals surface area contributed by atoms with E-state index >= 15 is 0 Å². The van der Waals surface area contributed by atoms with Gasteiger partial charge in [0.05, 0.1) is 0 Å². The largest absolute Gasteiger partial charge is 0.378 e. The van der Waals surface area contributed by atoms with Gasteiger partial charge in [-0.3, -0.25) is 4.90 Å². The van der Waals surface area contributed by atoms with Gasteiger partial charge in [0.2, 0.25) is 0 Å². The minimum Gasteiger partial charge on any atom is -0.378 e. The van der Waals surface area contributed by atoms with Crippen LogP contribution in [0.3, 0.4) is 0 Å². The normalized spacial score (nSPS) is 21.3. The number of rotatable bonds is 3. The quantitative estimate of drug-likeness (QED) is 0.831. The van der Waals surface area contributed by atoms with Crippen molar-refractivity contribution in [3.05, 3.63) is 29.8 Å². The summed E-state index contributed by atoms with van der Waals surface area (Å²) >= 11 is 0. The van der Waals surface area contributed by atoms with E-state index in [4.69, 9.17) is 5.73 Å². The van der Waals surface area contributed by atoms with Gasteiger partial charge in [-0.15, -0.1) is 0 Å². The fraction of sp³-hybridized carbons (Fsp3) is 0.538. The molecular weight excluding hydrogens is 198 g/mol. The highest BCUT2D eigenvalue weighted by Crippen LogP contribution is 2.16. The maximum Gasteiger partial charge on any atom is 0.0361 e. The summed E-state index contributed by atoms with van der Waals surface area (Å²) in [7, 11) is 4.13. The summed E-state index contributed by atoms with van der Waals surface area (Å²) in [5, 5.41) is 0. The first-order valence-corrected chi connectivity index (χ1v) is 5.89. The summed E-state index contributed by atoms with van der Waals surface area (Å²) in [5.74, 6) is 0. The van der Waals surface area contributed by atoms with Crippen LogP contribution in [0, 0.1) is 0 Å². The third-order valence-electron chi connectivity index (χ3n) is 3.17. The van der Waals surface area contributed by atoms with Crippen LogP contribution in [0.15, 0.2) is 24.3 Å². The Balaban J connectivity index is 1.95. The molecule has 1 aliphatic rings. The van der Waals surface area contributed by atoms with E-state index in [1.165, 1.54) is 11.3 Å². The summed E-state index contributed by atoms with van der Waals surface area (Å²) in [6.45, 7) is 3.20. The predicted octanol–water partition coefficient (Wildman–Crippen LogP) is 1.29. The molecule has 3 nitrogen and oxygen atoms in total. The van der Waals surface area contributed by atoms with Crippen molar-refractivity contribution in [3.63, 3.8) is 0 Å². The van der Waals surface area contributed by atoms with E-state index < -0.39 is 0 Å². The van der Waals surface area contributed by atoms with E-state index in [-0.39, 0.29) is 0 Å². The lowest BCUT2D eigenvalue weighted by atomic mass is 10.2. The molecule has 1 atom stereocenters. The van der Waals surface area contributed by atoms with Gasteiger partial charge in [-0.25, -0.2) is 0 Å². The van der Waals surface area contributed by atoms with E-state index in [9.17, 15) is 0 Å². The molecule has 16 heavy (non-hydrogen) atoms. The zero-order valence-electron chi connectivity index (χ0n) is 10.2. The van der Waals surface area contributed by atoms with Crippen LogP contribution in [0.2, 0.25) is 0 Å². The van der Waals surface area contributed by atoms with Crippen LogP contribution < -0.4 is 10.6 Å². The van der Waals surface area contributed by atoms with E-state index in [0.29, 0.717) is 6.04 Å². The Bertz CT molecular complexity index is 332. The highest BCUT2D eigenvalue weighted by molar-refractivity contribution is 5.45. The molecule has 2 rings (SSSR count). The molecule has 0 spiro atoms. The van der Waals surface area contributed by atoms with Gasteiger partial charge in [0.1, 0.15) is 0 Å². The van der Waals surface area contributed by atoms with Crippen molar-refractivity contribution < 1.29 is 0 Å². The van der Waals surface area contributed by atoms with Gasteiger partial charge >= 0.3 is 0 Å². The van der Waals surface area contributed by atoms with Gasteiger partial charge in [0.15, 0.2) is 0 Å². The zero-order valence-corrected chi connectivity index (χ0v) is 10.2. The first-order valence-electron chi connectivity index (χ1n) is 5.89. The van der Waals surface area contributed by atoms with Gasteiger partial charge < -0.3 is 10.6 Å². The summed E-state index contributed by atoms with van der Waals surface area (Å²) in [6.07, 6.45) is 1.13. The van der Waals surface area contributed by atoms with Crippen molar-refractivity contribution in [1.82, 2.24) is 4.90 Å². The molecular formula is C13H21N3. The molecule has 1 aromatic carbocycles. The number of likely N-dealkylation sites (tertiary alicyclic amines) is 1. The zero-order chi connectivity index (χ0) is 11.5. The first-order chi connectivity index (χ1) is 7.65. The molecule has 0 bridgehead atoms. The Kier molecular flexibility index (Phi) is 3.46. The summed E-state index contributed by atoms with van der Waals surface area (Å²) < 4.78 is 0. The SMILES string of the molecule is CN(C)c1ccc(CN2CCC(N)C2)cc1. The van der Waals surface area contributed by atoms with Crippen LogP contribution in [-0.2, 0) is 6.54 Å². The molecule has 0 amide bonds. The Morgan fingerprint density at radius 1 is 1.31 bits per heavy atom. The topological polar surface area (TPSA) is 32.5 Å². The maximum absolute atomic E-state index is 5.89. The Morgan fingerprint density at radius 2 is 2.00 bits per heavy atom. The second-order valence-electron chi connectivity index (χ2n) is 4.84. The lowest BCUT2D eigenvalue weighted by Crippen LogP contribution is -2.26. The van der Waals surface area contributed by atoms with E-state index in [2.05, 4.69) is 48.2 Å². The van der Waals surface area contributed by atoms with Crippen molar-refractivity contribution in [2.75, 3.05) is 32.1 Å². The van der Waals surface area contributed by atoms with Gasteiger partial charge in [0, 0.05) is 45.5 Å². The molecule has 3 heteroatoms. The molecule has 1 saturated heterocycles. The van der Waals surface area contributed by atoms with Crippen molar-refractivity contribution in [2.24, 2.45) is 5.73 Å². The van der Waals surface area contributed by atoms with E-state index in [0.717, 1.165) is 26.1 Å². The second kappa shape index (κ2) is 4.85. The van der Waals surface area contributed by atoms with E-state index in [1.807, 2.05) is 0 Å². The minimum absolute atomic E-state index is 0.376. The standard InChI is InChI=1S/C13H21N3/c1-15(2)13-5-3-11(4-6-13)9-16-8-7-12(14)10-16/h3-6,12H,7-10,14H2,1-2H3. The first kappa shape index (κ1) is 11.4. The molecule has 0 saturated carbocycles. The summed E-state index contributed by atoms with van der Waals surface area (Å²) in [5.41, 5.74) is 8.52. The fourth-order valence-electron chi connectivity index (χ4n) is 2.16. The highest BCUT2D eigenvalue weighted by atomic mass is 15.2. The van der Waals surface area contributed by atoms with Gasteiger partial charge in [-0.2, -0.15) is 0 Å². The van der Waals surface area contributed by atoms with Crippen LogP contribution >= 0.6 is 0 Å². The number of anilines is 1. The number of benzene rings is 1. The molecule has 0 radical (unpaired) electrons. The molecule has 1 fully saturated rings. The second-order valence-corrected chi connectivity index (χ2v) is 4.84. The molecule has 1 unspecified atom stereocenters. The number of nitrogens with two attached hydrogens (primary N) is 1. The summed E-state index contributed by atoms with van der Waals surface area (Å²) in [6, 6.07) is 9.13. The number of hydrogen-bond acceptors (Lipinski definition) is 3. The van der Waals surface area contributed by atoms with E-state index in [1.54, 1.807) is 0 Å².